The summed E-state index contributed by atoms with van der Waals surface area (Å²) in [6.45, 7) is 7.07. The Hall–Kier alpha value is -3.11. The van der Waals surface area contributed by atoms with Crippen molar-refractivity contribution in [2.24, 2.45) is 7.05 Å². The van der Waals surface area contributed by atoms with E-state index in [-0.39, 0.29) is 11.6 Å². The summed E-state index contributed by atoms with van der Waals surface area (Å²) in [4.78, 5) is 7.65. The first-order valence-electron chi connectivity index (χ1n) is 8.44. The van der Waals surface area contributed by atoms with Gasteiger partial charge < -0.3 is 11.1 Å². The number of halogens is 3. The third-order valence-electron chi connectivity index (χ3n) is 4.60. The van der Waals surface area contributed by atoms with E-state index in [1.807, 2.05) is 34.0 Å². The Kier molecular flexibility index (Phi) is 4.56. The first-order chi connectivity index (χ1) is 12.9. The fourth-order valence-corrected chi connectivity index (χ4v) is 3.08. The first kappa shape index (κ1) is 19.6. The molecule has 3 aromatic rings. The molecule has 0 radical (unpaired) electrons. The van der Waals surface area contributed by atoms with E-state index in [4.69, 9.17) is 5.73 Å². The molecule has 0 saturated carbocycles. The Morgan fingerprint density at radius 1 is 1.07 bits per heavy atom. The smallest absolute Gasteiger partial charge is 0.383 e. The van der Waals surface area contributed by atoms with Crippen LogP contribution < -0.4 is 11.1 Å². The molecule has 8 nitrogen and oxygen atoms in total. The molecule has 0 amide bonds. The van der Waals surface area contributed by atoms with Crippen molar-refractivity contribution in [1.82, 2.24) is 29.5 Å². The molecule has 0 spiro atoms. The number of rotatable bonds is 4. The lowest BCUT2D eigenvalue weighted by Crippen LogP contribution is -2.29. The second-order valence-corrected chi connectivity index (χ2v) is 7.03. The van der Waals surface area contributed by atoms with E-state index >= 15 is 0 Å². The van der Waals surface area contributed by atoms with Gasteiger partial charge in [-0.3, -0.25) is 9.36 Å². The summed E-state index contributed by atoms with van der Waals surface area (Å²) in [5, 5.41) is 11.5. The largest absolute Gasteiger partial charge is 0.421 e. The van der Waals surface area contributed by atoms with Crippen LogP contribution in [-0.2, 0) is 18.8 Å². The molecule has 0 aliphatic heterocycles. The Labute approximate surface area is 159 Å². The van der Waals surface area contributed by atoms with E-state index < -0.39 is 23.1 Å². The minimum Gasteiger partial charge on any atom is -0.383 e. The van der Waals surface area contributed by atoms with Gasteiger partial charge in [0, 0.05) is 18.8 Å². The minimum absolute atomic E-state index is 0.0233. The predicted octanol–water partition coefficient (Wildman–Crippen LogP) is 3.15. The highest BCUT2D eigenvalue weighted by Crippen LogP contribution is 2.35. The van der Waals surface area contributed by atoms with Gasteiger partial charge >= 0.3 is 6.18 Å². The molecule has 0 bridgehead atoms. The maximum atomic E-state index is 13.0. The lowest BCUT2D eigenvalue weighted by Gasteiger charge is -2.26. The van der Waals surface area contributed by atoms with Crippen molar-refractivity contribution in [2.45, 2.75) is 39.4 Å². The number of nitrogens with two attached hydrogens (primary N) is 1. The van der Waals surface area contributed by atoms with Crippen LogP contribution in [0.4, 0.5) is 30.6 Å². The van der Waals surface area contributed by atoms with Crippen LogP contribution >= 0.6 is 0 Å². The van der Waals surface area contributed by atoms with E-state index in [0.29, 0.717) is 5.69 Å². The average molecular weight is 394 g/mol. The number of nitrogens with one attached hydrogen (secondary N) is 1. The lowest BCUT2D eigenvalue weighted by atomic mass is 9.98. The van der Waals surface area contributed by atoms with Crippen molar-refractivity contribution in [3.8, 4) is 0 Å². The molecular formula is C17H21F3N8. The van der Waals surface area contributed by atoms with Gasteiger partial charge in [-0.25, -0.2) is 4.98 Å². The number of alkyl halides is 3. The number of hydrogen-bond acceptors (Lipinski definition) is 6. The molecule has 150 valence electrons. The molecule has 3 N–H and O–H groups in total. The van der Waals surface area contributed by atoms with Gasteiger partial charge in [-0.15, -0.1) is 0 Å². The first-order valence-corrected chi connectivity index (χ1v) is 8.44. The summed E-state index contributed by atoms with van der Waals surface area (Å²) in [7, 11) is 1.83. The quantitative estimate of drug-likeness (QED) is 0.705. The Morgan fingerprint density at radius 2 is 1.75 bits per heavy atom. The zero-order valence-corrected chi connectivity index (χ0v) is 16.1. The number of nitrogens with zero attached hydrogens (tertiary/aromatic N) is 6. The molecule has 0 unspecified atom stereocenters. The molecular weight excluding hydrogens is 373 g/mol. The van der Waals surface area contributed by atoms with Crippen molar-refractivity contribution in [3.63, 3.8) is 0 Å². The van der Waals surface area contributed by atoms with E-state index in [0.717, 1.165) is 11.3 Å². The molecule has 0 fully saturated rings. The number of aromatic nitrogens is 6. The third kappa shape index (κ3) is 3.39. The fraction of sp³-hybridized carbons (Fsp3) is 0.412. The van der Waals surface area contributed by atoms with Gasteiger partial charge in [0.25, 0.3) is 0 Å². The summed E-state index contributed by atoms with van der Waals surface area (Å²) in [5.74, 6) is -0.645. The van der Waals surface area contributed by atoms with Crippen LogP contribution in [-0.4, -0.2) is 29.5 Å². The lowest BCUT2D eigenvalue weighted by molar-refractivity contribution is -0.137. The van der Waals surface area contributed by atoms with Gasteiger partial charge in [-0.05, 0) is 27.7 Å². The molecule has 28 heavy (non-hydrogen) atoms. The van der Waals surface area contributed by atoms with Gasteiger partial charge in [-0.1, -0.05) is 0 Å². The standard InChI is InChI=1S/C17H21F3N8/c1-9-13(17(18,19)20)14(21)26-15(24-9)25-12-7-23-28(10(12)2)16(3,4)11-6-22-27(5)8-11/h6-8H,1-5H3,(H3,21,24,25,26). The number of anilines is 3. The highest BCUT2D eigenvalue weighted by atomic mass is 19.4. The van der Waals surface area contributed by atoms with E-state index in [2.05, 4.69) is 25.5 Å². The number of aryl methyl sites for hydroxylation is 2. The van der Waals surface area contributed by atoms with Gasteiger partial charge in [-0.2, -0.15) is 28.4 Å². The van der Waals surface area contributed by atoms with Crippen molar-refractivity contribution < 1.29 is 13.2 Å². The van der Waals surface area contributed by atoms with Crippen LogP contribution in [0.5, 0.6) is 0 Å². The van der Waals surface area contributed by atoms with Gasteiger partial charge in [0.1, 0.15) is 11.4 Å². The predicted molar refractivity (Wildman–Crippen MR) is 98.1 cm³/mol. The molecule has 0 saturated heterocycles. The maximum absolute atomic E-state index is 13.0. The van der Waals surface area contributed by atoms with Gasteiger partial charge in [0.2, 0.25) is 5.95 Å². The molecule has 3 rings (SSSR count). The number of hydrogen-bond donors (Lipinski definition) is 2. The SMILES string of the molecule is Cc1nc(Nc2cnn(C(C)(C)c3cnn(C)c3)c2C)nc(N)c1C(F)(F)F. The summed E-state index contributed by atoms with van der Waals surface area (Å²) in [5.41, 5.74) is 6.03. The zero-order chi connectivity index (χ0) is 20.9. The third-order valence-corrected chi connectivity index (χ3v) is 4.60. The topological polar surface area (TPSA) is 99.5 Å². The second kappa shape index (κ2) is 6.50. The summed E-state index contributed by atoms with van der Waals surface area (Å²) in [6.07, 6.45) is 0.621. The highest BCUT2D eigenvalue weighted by Gasteiger charge is 2.37. The fourth-order valence-electron chi connectivity index (χ4n) is 3.08. The molecule has 3 aromatic heterocycles. The van der Waals surface area contributed by atoms with Crippen molar-refractivity contribution in [2.75, 3.05) is 11.1 Å². The maximum Gasteiger partial charge on any atom is 0.421 e. The highest BCUT2D eigenvalue weighted by molar-refractivity contribution is 5.58. The Bertz CT molecular complexity index is 993. The summed E-state index contributed by atoms with van der Waals surface area (Å²) >= 11 is 0. The minimum atomic E-state index is -4.61. The van der Waals surface area contributed by atoms with Crippen molar-refractivity contribution in [3.05, 3.63) is 41.1 Å². The van der Waals surface area contributed by atoms with Gasteiger partial charge in [0.15, 0.2) is 0 Å². The van der Waals surface area contributed by atoms with Crippen molar-refractivity contribution in [1.29, 1.82) is 0 Å². The van der Waals surface area contributed by atoms with Crippen LogP contribution in [0.2, 0.25) is 0 Å². The van der Waals surface area contributed by atoms with Crippen LogP contribution in [0, 0.1) is 13.8 Å². The van der Waals surface area contributed by atoms with Crippen LogP contribution in [0.25, 0.3) is 0 Å². The number of nitrogen functional groups attached to an aromatic ring is 1. The summed E-state index contributed by atoms with van der Waals surface area (Å²) < 4.78 is 42.6. The van der Waals surface area contributed by atoms with E-state index in [9.17, 15) is 13.2 Å². The van der Waals surface area contributed by atoms with Crippen LogP contribution in [0.3, 0.4) is 0 Å². The van der Waals surface area contributed by atoms with Gasteiger partial charge in [0.05, 0.1) is 35.0 Å². The molecule has 11 heteroatoms. The average Bonchev–Trinajstić information content (AvgIpc) is 3.13. The monoisotopic (exact) mass is 394 g/mol. The molecule has 3 heterocycles. The molecule has 0 aliphatic carbocycles. The zero-order valence-electron chi connectivity index (χ0n) is 16.1. The summed E-state index contributed by atoms with van der Waals surface area (Å²) in [6, 6.07) is 0. The molecule has 0 atom stereocenters. The molecule has 0 aromatic carbocycles. The Balaban J connectivity index is 1.94. The second-order valence-electron chi connectivity index (χ2n) is 7.03. The van der Waals surface area contributed by atoms with E-state index in [1.54, 1.807) is 21.8 Å². The Morgan fingerprint density at radius 3 is 2.29 bits per heavy atom. The van der Waals surface area contributed by atoms with Crippen molar-refractivity contribution >= 4 is 17.5 Å². The normalized spacial score (nSPS) is 12.4. The molecule has 0 aliphatic rings. The van der Waals surface area contributed by atoms with E-state index in [1.165, 1.54) is 6.92 Å². The van der Waals surface area contributed by atoms with Crippen LogP contribution in [0.1, 0.15) is 36.4 Å². The van der Waals surface area contributed by atoms with Crippen LogP contribution in [0.15, 0.2) is 18.6 Å².